The molecular weight excluding hydrogens is 454 g/mol. The Labute approximate surface area is 201 Å². The van der Waals surface area contributed by atoms with Gasteiger partial charge in [-0.05, 0) is 23.8 Å². The summed E-state index contributed by atoms with van der Waals surface area (Å²) in [6.07, 6.45) is -0.854. The van der Waals surface area contributed by atoms with Gasteiger partial charge in [0.1, 0.15) is 31.4 Å². The number of rotatable bonds is 7. The van der Waals surface area contributed by atoms with Crippen molar-refractivity contribution >= 4 is 11.8 Å². The number of fused-ring (bicyclic) bond motifs is 2. The third kappa shape index (κ3) is 4.82. The van der Waals surface area contributed by atoms with E-state index in [1.807, 2.05) is 36.4 Å². The summed E-state index contributed by atoms with van der Waals surface area (Å²) in [5.74, 6) is -0.418. The van der Waals surface area contributed by atoms with Crippen LogP contribution < -0.4 is 11.4 Å². The second-order valence-electron chi connectivity index (χ2n) is 8.37. The van der Waals surface area contributed by atoms with Crippen molar-refractivity contribution in [3.63, 3.8) is 0 Å². The first-order valence-corrected chi connectivity index (χ1v) is 11.2. The van der Waals surface area contributed by atoms with Crippen LogP contribution in [0.4, 0.5) is 5.82 Å². The van der Waals surface area contributed by atoms with Gasteiger partial charge in [0.15, 0.2) is 11.8 Å². The lowest BCUT2D eigenvalue weighted by molar-refractivity contribution is -0.200. The zero-order chi connectivity index (χ0) is 24.3. The van der Waals surface area contributed by atoms with Crippen molar-refractivity contribution < 1.29 is 28.5 Å². The first kappa shape index (κ1) is 23.2. The highest BCUT2D eigenvalue weighted by Gasteiger charge is 2.60. The molecule has 2 bridgehead atoms. The molecule has 10 nitrogen and oxygen atoms in total. The Morgan fingerprint density at radius 1 is 1.11 bits per heavy atom. The zero-order valence-corrected chi connectivity index (χ0v) is 18.8. The van der Waals surface area contributed by atoms with E-state index in [4.69, 9.17) is 29.4 Å². The molecular formula is C25H25N3O7. The molecule has 35 heavy (non-hydrogen) atoms. The first-order chi connectivity index (χ1) is 17.1. The topological polar surface area (TPSA) is 124 Å². The molecule has 2 fully saturated rings. The Morgan fingerprint density at radius 2 is 1.86 bits per heavy atom. The molecule has 0 aliphatic carbocycles. The summed E-state index contributed by atoms with van der Waals surface area (Å²) in [4.78, 5) is 29.1. The van der Waals surface area contributed by atoms with Crippen LogP contribution in [0.25, 0.3) is 0 Å². The van der Waals surface area contributed by atoms with Gasteiger partial charge in [0.25, 0.3) is 0 Å². The van der Waals surface area contributed by atoms with E-state index < -0.39 is 35.7 Å². The molecule has 2 saturated heterocycles. The van der Waals surface area contributed by atoms with Crippen molar-refractivity contribution in [2.75, 3.05) is 25.7 Å². The number of carbonyl (C=O) groups excluding carboxylic acids is 1. The van der Waals surface area contributed by atoms with Crippen molar-refractivity contribution in [2.24, 2.45) is 0 Å². The van der Waals surface area contributed by atoms with Crippen LogP contribution in [-0.4, -0.2) is 53.3 Å². The number of hydrogen-bond donors (Lipinski definition) is 1. The predicted octanol–water partition coefficient (Wildman–Crippen LogP) is 1.91. The normalized spacial score (nSPS) is 25.7. The lowest BCUT2D eigenvalue weighted by Crippen LogP contribution is -2.51. The molecule has 0 radical (unpaired) electrons. The second-order valence-corrected chi connectivity index (χ2v) is 8.37. The Balaban J connectivity index is 1.45. The molecule has 2 aliphatic heterocycles. The molecule has 0 unspecified atom stereocenters. The SMILES string of the molecule is Nc1ccn([C@@H]2O[C@@]3(COC(=O)c4ccccc4)COCO[C@@H]2[C@@H]3OCc2ccccc2)c(=O)n1. The Bertz CT molecular complexity index is 1220. The highest BCUT2D eigenvalue weighted by molar-refractivity contribution is 5.89. The molecule has 4 atom stereocenters. The number of nitrogens with two attached hydrogens (primary N) is 1. The minimum atomic E-state index is -1.23. The molecule has 2 aromatic carbocycles. The number of hydrogen-bond acceptors (Lipinski definition) is 9. The summed E-state index contributed by atoms with van der Waals surface area (Å²) < 4.78 is 31.2. The summed E-state index contributed by atoms with van der Waals surface area (Å²) in [6.45, 7) is 0.0678. The minimum Gasteiger partial charge on any atom is -0.459 e. The van der Waals surface area contributed by atoms with Crippen molar-refractivity contribution in [1.29, 1.82) is 0 Å². The number of carbonyl (C=O) groups is 1. The highest BCUT2D eigenvalue weighted by atomic mass is 16.7. The van der Waals surface area contributed by atoms with E-state index in [-0.39, 0.29) is 32.4 Å². The van der Waals surface area contributed by atoms with Gasteiger partial charge in [0.2, 0.25) is 0 Å². The van der Waals surface area contributed by atoms with Gasteiger partial charge in [-0.25, -0.2) is 9.59 Å². The van der Waals surface area contributed by atoms with Crippen LogP contribution in [0.3, 0.4) is 0 Å². The molecule has 182 valence electrons. The fourth-order valence-electron chi connectivity index (χ4n) is 4.30. The van der Waals surface area contributed by atoms with E-state index in [1.165, 1.54) is 16.8 Å². The molecule has 0 saturated carbocycles. The Hall–Kier alpha value is -3.57. The summed E-state index contributed by atoms with van der Waals surface area (Å²) in [7, 11) is 0. The van der Waals surface area contributed by atoms with Gasteiger partial charge in [-0.1, -0.05) is 48.5 Å². The van der Waals surface area contributed by atoms with E-state index in [9.17, 15) is 9.59 Å². The summed E-state index contributed by atoms with van der Waals surface area (Å²) in [6, 6.07) is 19.8. The van der Waals surface area contributed by atoms with Crippen LogP contribution in [0.1, 0.15) is 22.1 Å². The number of benzene rings is 2. The maximum Gasteiger partial charge on any atom is 0.351 e. The molecule has 0 spiro atoms. The third-order valence-corrected chi connectivity index (χ3v) is 6.00. The van der Waals surface area contributed by atoms with E-state index in [0.717, 1.165) is 5.56 Å². The van der Waals surface area contributed by atoms with Gasteiger partial charge in [0.05, 0.1) is 18.8 Å². The molecule has 2 aliphatic rings. The fraction of sp³-hybridized carbons (Fsp3) is 0.320. The average molecular weight is 479 g/mol. The quantitative estimate of drug-likeness (QED) is 0.506. The summed E-state index contributed by atoms with van der Waals surface area (Å²) in [5, 5.41) is 0. The lowest BCUT2D eigenvalue weighted by Gasteiger charge is -2.32. The van der Waals surface area contributed by atoms with E-state index >= 15 is 0 Å². The van der Waals surface area contributed by atoms with E-state index in [2.05, 4.69) is 4.98 Å². The molecule has 10 heteroatoms. The van der Waals surface area contributed by atoms with Crippen LogP contribution >= 0.6 is 0 Å². The van der Waals surface area contributed by atoms with Gasteiger partial charge >= 0.3 is 11.7 Å². The van der Waals surface area contributed by atoms with Crippen molar-refractivity contribution in [2.45, 2.75) is 30.6 Å². The average Bonchev–Trinajstić information content (AvgIpc) is 3.05. The lowest BCUT2D eigenvalue weighted by atomic mass is 9.96. The molecule has 3 aromatic rings. The predicted molar refractivity (Wildman–Crippen MR) is 123 cm³/mol. The Morgan fingerprint density at radius 3 is 2.60 bits per heavy atom. The standard InChI is InChI=1S/C25H25N3O7/c26-19-11-12-28(24(30)27-19)22-20-21(32-13-17-7-3-1-4-8-17)25(35-22,14-31-16-34-20)15-33-23(29)18-9-5-2-6-10-18/h1-12,20-22H,13-16H2,(H2,26,27,30)/t20-,21+,22-,25-/m1/s1. The second kappa shape index (κ2) is 9.96. The molecule has 0 amide bonds. The van der Waals surface area contributed by atoms with Crippen molar-refractivity contribution in [1.82, 2.24) is 9.55 Å². The van der Waals surface area contributed by atoms with Crippen LogP contribution in [0.5, 0.6) is 0 Å². The molecule has 5 rings (SSSR count). The number of anilines is 1. The summed E-state index contributed by atoms with van der Waals surface area (Å²) >= 11 is 0. The van der Waals surface area contributed by atoms with Crippen LogP contribution in [0.2, 0.25) is 0 Å². The Kier molecular flexibility index (Phi) is 6.60. The maximum absolute atomic E-state index is 12.7. The van der Waals surface area contributed by atoms with Gasteiger partial charge in [-0.15, -0.1) is 0 Å². The third-order valence-electron chi connectivity index (χ3n) is 6.00. The van der Waals surface area contributed by atoms with Gasteiger partial charge in [-0.2, -0.15) is 4.98 Å². The monoisotopic (exact) mass is 479 g/mol. The van der Waals surface area contributed by atoms with Crippen molar-refractivity contribution in [3.05, 3.63) is 94.5 Å². The highest BCUT2D eigenvalue weighted by Crippen LogP contribution is 2.43. The number of ether oxygens (including phenoxy) is 5. The largest absolute Gasteiger partial charge is 0.459 e. The van der Waals surface area contributed by atoms with Gasteiger partial charge < -0.3 is 29.4 Å². The number of esters is 1. The maximum atomic E-state index is 12.7. The zero-order valence-electron chi connectivity index (χ0n) is 18.8. The van der Waals surface area contributed by atoms with Crippen LogP contribution in [-0.2, 0) is 30.3 Å². The smallest absolute Gasteiger partial charge is 0.351 e. The van der Waals surface area contributed by atoms with Gasteiger partial charge in [0, 0.05) is 6.20 Å². The fourth-order valence-corrected chi connectivity index (χ4v) is 4.30. The minimum absolute atomic E-state index is 0.0265. The number of nitrogen functional groups attached to an aromatic ring is 1. The number of aromatic nitrogens is 2. The van der Waals surface area contributed by atoms with E-state index in [0.29, 0.717) is 5.56 Å². The van der Waals surface area contributed by atoms with E-state index in [1.54, 1.807) is 24.3 Å². The molecule has 3 heterocycles. The van der Waals surface area contributed by atoms with Gasteiger partial charge in [-0.3, -0.25) is 4.57 Å². The molecule has 2 N–H and O–H groups in total. The van der Waals surface area contributed by atoms with Crippen molar-refractivity contribution in [3.8, 4) is 0 Å². The number of nitrogens with zero attached hydrogens (tertiary/aromatic N) is 2. The summed E-state index contributed by atoms with van der Waals surface area (Å²) in [5.41, 5.74) is 5.18. The first-order valence-electron chi connectivity index (χ1n) is 11.2. The molecule has 1 aromatic heterocycles. The van der Waals surface area contributed by atoms with Crippen LogP contribution in [0, 0.1) is 0 Å². The van der Waals surface area contributed by atoms with Crippen LogP contribution in [0.15, 0.2) is 77.7 Å².